The lowest BCUT2D eigenvalue weighted by atomic mass is 9.66. The zero-order valence-corrected chi connectivity index (χ0v) is 13.2. The van der Waals surface area contributed by atoms with Crippen LogP contribution in [-0.2, 0) is 4.79 Å². The largest absolute Gasteiger partial charge is 0.330 e. The highest BCUT2D eigenvalue weighted by atomic mass is 79.9. The van der Waals surface area contributed by atoms with Gasteiger partial charge in [0.15, 0.2) is 0 Å². The number of nitrogens with one attached hydrogen (secondary N) is 1. The normalized spacial score (nSPS) is 17.1. The van der Waals surface area contributed by atoms with Gasteiger partial charge in [-0.15, -0.1) is 0 Å². The third-order valence-corrected chi connectivity index (χ3v) is 4.74. The van der Waals surface area contributed by atoms with Gasteiger partial charge in [0.05, 0.1) is 5.69 Å². The summed E-state index contributed by atoms with van der Waals surface area (Å²) in [7, 11) is 0. The molecule has 1 aromatic rings. The number of carbonyl (C=O) groups excluding carboxylic acids is 1. The van der Waals surface area contributed by atoms with Gasteiger partial charge < -0.3 is 11.1 Å². The first-order valence-electron chi connectivity index (χ1n) is 6.00. The Morgan fingerprint density at radius 3 is 2.61 bits per heavy atom. The number of hydrogen-bond donors (Lipinski definition) is 2. The number of halogens is 2. The van der Waals surface area contributed by atoms with E-state index in [1.807, 2.05) is 18.2 Å². The summed E-state index contributed by atoms with van der Waals surface area (Å²) in [5, 5.41) is 2.93. The van der Waals surface area contributed by atoms with Crippen LogP contribution in [-0.4, -0.2) is 12.5 Å². The van der Waals surface area contributed by atoms with Gasteiger partial charge in [0.25, 0.3) is 0 Å². The van der Waals surface area contributed by atoms with Gasteiger partial charge in [0, 0.05) is 15.4 Å². The van der Waals surface area contributed by atoms with Crippen molar-refractivity contribution in [1.82, 2.24) is 0 Å². The third-order valence-electron chi connectivity index (χ3n) is 3.59. The molecule has 0 bridgehead atoms. The number of benzene rings is 1. The highest BCUT2D eigenvalue weighted by molar-refractivity contribution is 9.11. The first-order chi connectivity index (χ1) is 8.54. The summed E-state index contributed by atoms with van der Waals surface area (Å²) in [6, 6.07) is 5.70. The van der Waals surface area contributed by atoms with Crippen molar-refractivity contribution in [2.45, 2.75) is 25.7 Å². The molecule has 0 spiro atoms. The molecule has 98 valence electrons. The van der Waals surface area contributed by atoms with Crippen molar-refractivity contribution < 1.29 is 4.79 Å². The van der Waals surface area contributed by atoms with Crippen LogP contribution in [0.2, 0.25) is 0 Å². The van der Waals surface area contributed by atoms with Crippen molar-refractivity contribution in [2.75, 3.05) is 11.9 Å². The van der Waals surface area contributed by atoms with Crippen molar-refractivity contribution in [2.24, 2.45) is 11.1 Å². The van der Waals surface area contributed by atoms with E-state index in [-0.39, 0.29) is 11.3 Å². The minimum absolute atomic E-state index is 0.0446. The maximum atomic E-state index is 12.0. The van der Waals surface area contributed by atoms with Crippen LogP contribution in [0.5, 0.6) is 0 Å². The first-order valence-corrected chi connectivity index (χ1v) is 7.58. The molecule has 1 saturated carbocycles. The molecule has 5 heteroatoms. The van der Waals surface area contributed by atoms with Crippen LogP contribution in [0, 0.1) is 5.41 Å². The van der Waals surface area contributed by atoms with Gasteiger partial charge in [0.1, 0.15) is 0 Å². The van der Waals surface area contributed by atoms with Crippen LogP contribution in [0.1, 0.15) is 25.7 Å². The molecule has 0 aromatic heterocycles. The van der Waals surface area contributed by atoms with Gasteiger partial charge in [0.2, 0.25) is 5.91 Å². The molecule has 0 heterocycles. The molecule has 18 heavy (non-hydrogen) atoms. The van der Waals surface area contributed by atoms with Gasteiger partial charge >= 0.3 is 0 Å². The molecule has 0 aliphatic heterocycles. The average Bonchev–Trinajstić information content (AvgIpc) is 2.27. The van der Waals surface area contributed by atoms with E-state index in [1.54, 1.807) is 0 Å². The van der Waals surface area contributed by atoms with Crippen LogP contribution >= 0.6 is 31.9 Å². The second kappa shape index (κ2) is 5.72. The molecule has 0 radical (unpaired) electrons. The molecule has 1 aliphatic rings. The molecule has 2 rings (SSSR count). The van der Waals surface area contributed by atoms with Crippen LogP contribution < -0.4 is 11.1 Å². The van der Waals surface area contributed by atoms with Gasteiger partial charge in [-0.3, -0.25) is 4.79 Å². The van der Waals surface area contributed by atoms with Crippen LogP contribution in [0.4, 0.5) is 5.69 Å². The third kappa shape index (κ3) is 3.13. The topological polar surface area (TPSA) is 55.1 Å². The Hall–Kier alpha value is -0.390. The van der Waals surface area contributed by atoms with Gasteiger partial charge in [-0.25, -0.2) is 0 Å². The first kappa shape index (κ1) is 14.0. The molecule has 0 saturated heterocycles. The Morgan fingerprint density at radius 1 is 1.39 bits per heavy atom. The number of nitrogens with two attached hydrogens (primary N) is 1. The quantitative estimate of drug-likeness (QED) is 0.843. The molecule has 3 nitrogen and oxygen atoms in total. The Bertz CT molecular complexity index is 453. The summed E-state index contributed by atoms with van der Waals surface area (Å²) in [5.41, 5.74) is 6.61. The van der Waals surface area contributed by atoms with Gasteiger partial charge in [-0.2, -0.15) is 0 Å². The Labute approximate surface area is 124 Å². The fraction of sp³-hybridized carbons (Fsp3) is 0.462. The minimum atomic E-state index is 0.0446. The summed E-state index contributed by atoms with van der Waals surface area (Å²) < 4.78 is 1.85. The summed E-state index contributed by atoms with van der Waals surface area (Å²) in [6.45, 7) is 0.599. The zero-order chi connectivity index (χ0) is 13.2. The molecule has 1 fully saturated rings. The molecule has 0 atom stereocenters. The molecular weight excluding hydrogens is 360 g/mol. The Morgan fingerprint density at radius 2 is 2.11 bits per heavy atom. The zero-order valence-electron chi connectivity index (χ0n) is 10.0. The standard InChI is InChI=1S/C13H16Br2N2O/c14-9-2-3-11(10(15)6-9)17-12(18)7-13(8-16)4-1-5-13/h2-3,6H,1,4-5,7-8,16H2,(H,17,18). The lowest BCUT2D eigenvalue weighted by Gasteiger charge is -2.40. The monoisotopic (exact) mass is 374 g/mol. The van der Waals surface area contributed by atoms with E-state index in [2.05, 4.69) is 37.2 Å². The van der Waals surface area contributed by atoms with E-state index < -0.39 is 0 Å². The van der Waals surface area contributed by atoms with Crippen molar-refractivity contribution in [3.63, 3.8) is 0 Å². The van der Waals surface area contributed by atoms with Crippen molar-refractivity contribution >= 4 is 43.5 Å². The number of amides is 1. The maximum absolute atomic E-state index is 12.0. The van der Waals surface area contributed by atoms with Crippen molar-refractivity contribution in [3.8, 4) is 0 Å². The Kier molecular flexibility index (Phi) is 4.45. The smallest absolute Gasteiger partial charge is 0.225 e. The lowest BCUT2D eigenvalue weighted by Crippen LogP contribution is -2.40. The number of hydrogen-bond acceptors (Lipinski definition) is 2. The molecule has 1 aromatic carbocycles. The van der Waals surface area contributed by atoms with E-state index in [0.29, 0.717) is 13.0 Å². The van der Waals surface area contributed by atoms with E-state index >= 15 is 0 Å². The van der Waals surface area contributed by atoms with E-state index in [1.165, 1.54) is 6.42 Å². The molecule has 3 N–H and O–H groups in total. The van der Waals surface area contributed by atoms with Crippen LogP contribution in [0.3, 0.4) is 0 Å². The van der Waals surface area contributed by atoms with Crippen LogP contribution in [0.15, 0.2) is 27.1 Å². The second-order valence-electron chi connectivity index (χ2n) is 4.91. The molecular formula is C13H16Br2N2O. The predicted molar refractivity (Wildman–Crippen MR) is 80.4 cm³/mol. The lowest BCUT2D eigenvalue weighted by molar-refractivity contribution is -0.119. The fourth-order valence-electron chi connectivity index (χ4n) is 2.26. The summed E-state index contributed by atoms with van der Waals surface area (Å²) in [5.74, 6) is 0.0446. The summed E-state index contributed by atoms with van der Waals surface area (Å²) in [4.78, 5) is 12.0. The number of rotatable bonds is 4. The summed E-state index contributed by atoms with van der Waals surface area (Å²) in [6.07, 6.45) is 3.84. The predicted octanol–water partition coefficient (Wildman–Crippen LogP) is 3.67. The van der Waals surface area contributed by atoms with Gasteiger partial charge in [-0.05, 0) is 58.9 Å². The molecule has 1 aliphatic carbocycles. The highest BCUT2D eigenvalue weighted by Crippen LogP contribution is 2.43. The maximum Gasteiger partial charge on any atom is 0.225 e. The number of anilines is 1. The Balaban J connectivity index is 1.98. The highest BCUT2D eigenvalue weighted by Gasteiger charge is 2.37. The van der Waals surface area contributed by atoms with E-state index in [0.717, 1.165) is 27.5 Å². The number of carbonyl (C=O) groups is 1. The minimum Gasteiger partial charge on any atom is -0.330 e. The van der Waals surface area contributed by atoms with Crippen molar-refractivity contribution in [3.05, 3.63) is 27.1 Å². The fourth-order valence-corrected chi connectivity index (χ4v) is 3.40. The van der Waals surface area contributed by atoms with Crippen molar-refractivity contribution in [1.29, 1.82) is 0 Å². The molecule has 1 amide bonds. The van der Waals surface area contributed by atoms with Gasteiger partial charge in [-0.1, -0.05) is 22.4 Å². The average molecular weight is 376 g/mol. The summed E-state index contributed by atoms with van der Waals surface area (Å²) >= 11 is 6.82. The SMILES string of the molecule is NCC1(CC(=O)Nc2ccc(Br)cc2Br)CCC1. The second-order valence-corrected chi connectivity index (χ2v) is 6.68. The van der Waals surface area contributed by atoms with Crippen LogP contribution in [0.25, 0.3) is 0 Å². The molecule has 0 unspecified atom stereocenters. The van der Waals surface area contributed by atoms with E-state index in [9.17, 15) is 4.79 Å². The van der Waals surface area contributed by atoms with E-state index in [4.69, 9.17) is 5.73 Å².